The van der Waals surface area contributed by atoms with Gasteiger partial charge in [-0.1, -0.05) is 0 Å². The van der Waals surface area contributed by atoms with Crippen molar-refractivity contribution >= 4 is 17.2 Å². The fraction of sp³-hybridized carbons (Fsp3) is 0.375. The van der Waals surface area contributed by atoms with Gasteiger partial charge in [0.2, 0.25) is 0 Å². The fourth-order valence-electron chi connectivity index (χ4n) is 2.18. The summed E-state index contributed by atoms with van der Waals surface area (Å²) in [5, 5.41) is 5.54. The quantitative estimate of drug-likeness (QED) is 0.810. The second kappa shape index (κ2) is 7.94. The van der Waals surface area contributed by atoms with Crippen LogP contribution in [0.25, 0.3) is 0 Å². The summed E-state index contributed by atoms with van der Waals surface area (Å²) in [5.41, 5.74) is 6.76. The van der Waals surface area contributed by atoms with Crippen LogP contribution in [0.3, 0.4) is 0 Å². The Labute approximate surface area is 139 Å². The van der Waals surface area contributed by atoms with Crippen LogP contribution in [0.15, 0.2) is 23.6 Å². The van der Waals surface area contributed by atoms with Gasteiger partial charge in [-0.25, -0.2) is 4.98 Å². The van der Waals surface area contributed by atoms with E-state index in [1.807, 2.05) is 25.1 Å². The molecule has 2 rings (SSSR count). The van der Waals surface area contributed by atoms with Crippen molar-refractivity contribution < 1.29 is 14.3 Å². The van der Waals surface area contributed by atoms with Crippen LogP contribution in [0.5, 0.6) is 11.5 Å². The molecule has 1 atom stereocenters. The van der Waals surface area contributed by atoms with Gasteiger partial charge in [-0.05, 0) is 31.7 Å². The molecule has 0 aliphatic rings. The molecule has 1 amide bonds. The van der Waals surface area contributed by atoms with E-state index >= 15 is 0 Å². The molecule has 23 heavy (non-hydrogen) atoms. The number of methoxy groups -OCH3 is 2. The highest BCUT2D eigenvalue weighted by Gasteiger charge is 2.18. The topological polar surface area (TPSA) is 86.5 Å². The van der Waals surface area contributed by atoms with E-state index in [-0.39, 0.29) is 11.9 Å². The van der Waals surface area contributed by atoms with E-state index in [0.29, 0.717) is 30.2 Å². The Morgan fingerprint density at radius 2 is 2.17 bits per heavy atom. The van der Waals surface area contributed by atoms with Crippen molar-refractivity contribution in [2.24, 2.45) is 5.73 Å². The molecule has 0 radical (unpaired) electrons. The molecule has 6 nitrogen and oxygen atoms in total. The summed E-state index contributed by atoms with van der Waals surface area (Å²) in [4.78, 5) is 16.6. The molecule has 0 bridgehead atoms. The lowest BCUT2D eigenvalue weighted by molar-refractivity contribution is 0.0935. The van der Waals surface area contributed by atoms with Crippen LogP contribution in [0.1, 0.15) is 34.0 Å². The van der Waals surface area contributed by atoms with Crippen LogP contribution in [-0.4, -0.2) is 31.7 Å². The number of hydrogen-bond donors (Lipinski definition) is 2. The van der Waals surface area contributed by atoms with Crippen LogP contribution >= 0.6 is 11.3 Å². The molecule has 0 spiro atoms. The van der Waals surface area contributed by atoms with Crippen LogP contribution in [0, 0.1) is 0 Å². The molecule has 7 heteroatoms. The molecule has 3 N–H and O–H groups in total. The minimum Gasteiger partial charge on any atom is -0.497 e. The zero-order chi connectivity index (χ0) is 16.8. The number of hydrogen-bond acceptors (Lipinski definition) is 6. The summed E-state index contributed by atoms with van der Waals surface area (Å²) < 4.78 is 10.6. The second-order valence-electron chi connectivity index (χ2n) is 4.97. The summed E-state index contributed by atoms with van der Waals surface area (Å²) in [6.07, 6.45) is 0.678. The maximum atomic E-state index is 12.3. The second-order valence-corrected chi connectivity index (χ2v) is 5.91. The summed E-state index contributed by atoms with van der Waals surface area (Å²) in [6.45, 7) is 2.41. The number of ether oxygens (including phenoxy) is 2. The van der Waals surface area contributed by atoms with Crippen molar-refractivity contribution in [1.82, 2.24) is 10.3 Å². The maximum Gasteiger partial charge on any atom is 0.271 e. The molecule has 1 heterocycles. The summed E-state index contributed by atoms with van der Waals surface area (Å²) in [6, 6.07) is 5.24. The Morgan fingerprint density at radius 3 is 2.83 bits per heavy atom. The first-order valence-corrected chi connectivity index (χ1v) is 8.14. The Balaban J connectivity index is 2.14. The molecule has 0 fully saturated rings. The third-order valence-electron chi connectivity index (χ3n) is 3.39. The number of carbonyl (C=O) groups excluding carboxylic acids is 1. The number of carbonyl (C=O) groups is 1. The first-order valence-electron chi connectivity index (χ1n) is 7.26. The molecule has 0 aliphatic heterocycles. The Morgan fingerprint density at radius 1 is 1.39 bits per heavy atom. The predicted molar refractivity (Wildman–Crippen MR) is 90.3 cm³/mol. The van der Waals surface area contributed by atoms with E-state index in [0.717, 1.165) is 10.6 Å². The third-order valence-corrected chi connectivity index (χ3v) is 4.30. The normalized spacial score (nSPS) is 11.8. The summed E-state index contributed by atoms with van der Waals surface area (Å²) >= 11 is 1.44. The van der Waals surface area contributed by atoms with Gasteiger partial charge >= 0.3 is 0 Å². The van der Waals surface area contributed by atoms with E-state index in [9.17, 15) is 4.79 Å². The summed E-state index contributed by atoms with van der Waals surface area (Å²) in [5.74, 6) is 1.18. The van der Waals surface area contributed by atoms with E-state index in [1.54, 1.807) is 19.6 Å². The smallest absolute Gasteiger partial charge is 0.271 e. The average Bonchev–Trinajstić information content (AvgIpc) is 3.03. The van der Waals surface area contributed by atoms with Crippen LogP contribution in [0.2, 0.25) is 0 Å². The third kappa shape index (κ3) is 4.20. The van der Waals surface area contributed by atoms with Crippen molar-refractivity contribution in [1.29, 1.82) is 0 Å². The largest absolute Gasteiger partial charge is 0.497 e. The minimum atomic E-state index is -0.243. The molecule has 0 aliphatic carbocycles. The molecule has 0 saturated heterocycles. The van der Waals surface area contributed by atoms with Crippen molar-refractivity contribution in [2.75, 3.05) is 20.8 Å². The Hall–Kier alpha value is -2.12. The lowest BCUT2D eigenvalue weighted by Gasteiger charge is -2.17. The number of rotatable bonds is 7. The van der Waals surface area contributed by atoms with Gasteiger partial charge in [0.15, 0.2) is 0 Å². The van der Waals surface area contributed by atoms with Gasteiger partial charge in [-0.3, -0.25) is 4.79 Å². The SMILES string of the molecule is COc1ccc(OC)c(C(C)NC(=O)c2csc(CCN)n2)c1. The minimum absolute atomic E-state index is 0.220. The average molecular weight is 335 g/mol. The number of nitrogens with zero attached hydrogens (tertiary/aromatic N) is 1. The number of aromatic nitrogens is 1. The number of thiazole rings is 1. The molecular weight excluding hydrogens is 314 g/mol. The molecule has 124 valence electrons. The molecule has 1 unspecified atom stereocenters. The van der Waals surface area contributed by atoms with Crippen molar-refractivity contribution in [3.8, 4) is 11.5 Å². The van der Waals surface area contributed by atoms with Gasteiger partial charge < -0.3 is 20.5 Å². The Bertz CT molecular complexity index is 672. The fourth-order valence-corrected chi connectivity index (χ4v) is 2.97. The molecule has 0 saturated carbocycles. The van der Waals surface area contributed by atoms with Crippen molar-refractivity contribution in [3.63, 3.8) is 0 Å². The Kier molecular flexibility index (Phi) is 5.95. The van der Waals surface area contributed by atoms with E-state index in [2.05, 4.69) is 10.3 Å². The predicted octanol–water partition coefficient (Wildman–Crippen LogP) is 2.15. The first kappa shape index (κ1) is 17.2. The number of benzene rings is 1. The highest BCUT2D eigenvalue weighted by Crippen LogP contribution is 2.29. The van der Waals surface area contributed by atoms with Gasteiger partial charge in [0, 0.05) is 17.4 Å². The van der Waals surface area contributed by atoms with Gasteiger partial charge in [0.25, 0.3) is 5.91 Å². The zero-order valence-electron chi connectivity index (χ0n) is 13.5. The van der Waals surface area contributed by atoms with Crippen LogP contribution in [0.4, 0.5) is 0 Å². The zero-order valence-corrected chi connectivity index (χ0v) is 14.3. The first-order chi connectivity index (χ1) is 11.1. The van der Waals surface area contributed by atoms with Gasteiger partial charge in [0.1, 0.15) is 17.2 Å². The van der Waals surface area contributed by atoms with Crippen molar-refractivity contribution in [3.05, 3.63) is 39.8 Å². The highest BCUT2D eigenvalue weighted by molar-refractivity contribution is 7.09. The van der Waals surface area contributed by atoms with E-state index < -0.39 is 0 Å². The molecule has 2 aromatic rings. The summed E-state index contributed by atoms with van der Waals surface area (Å²) in [7, 11) is 3.20. The number of nitrogens with one attached hydrogen (secondary N) is 1. The highest BCUT2D eigenvalue weighted by atomic mass is 32.1. The maximum absolute atomic E-state index is 12.3. The lowest BCUT2D eigenvalue weighted by atomic mass is 10.1. The molecule has 1 aromatic heterocycles. The van der Waals surface area contributed by atoms with Gasteiger partial charge in [0.05, 0.1) is 25.3 Å². The standard InChI is InChI=1S/C16H21N3O3S/c1-10(12-8-11(21-2)4-5-14(12)22-3)18-16(20)13-9-23-15(19-13)6-7-17/h4-5,8-10H,6-7,17H2,1-3H3,(H,18,20). The monoisotopic (exact) mass is 335 g/mol. The number of nitrogens with two attached hydrogens (primary N) is 1. The van der Waals surface area contributed by atoms with E-state index in [4.69, 9.17) is 15.2 Å². The van der Waals surface area contributed by atoms with Gasteiger partial charge in [-0.15, -0.1) is 11.3 Å². The van der Waals surface area contributed by atoms with Crippen molar-refractivity contribution in [2.45, 2.75) is 19.4 Å². The van der Waals surface area contributed by atoms with Crippen LogP contribution < -0.4 is 20.5 Å². The molecular formula is C16H21N3O3S. The van der Waals surface area contributed by atoms with E-state index in [1.165, 1.54) is 11.3 Å². The number of amides is 1. The van der Waals surface area contributed by atoms with Gasteiger partial charge in [-0.2, -0.15) is 0 Å². The lowest BCUT2D eigenvalue weighted by Crippen LogP contribution is -2.27. The molecule has 1 aromatic carbocycles. The van der Waals surface area contributed by atoms with Crippen LogP contribution in [-0.2, 0) is 6.42 Å².